The third-order valence-electron chi connectivity index (χ3n) is 5.74. The first-order valence-corrected chi connectivity index (χ1v) is 10.00. The van der Waals surface area contributed by atoms with Gasteiger partial charge in [0.1, 0.15) is 30.5 Å². The number of aliphatic hydroxyl groups is 4. The van der Waals surface area contributed by atoms with E-state index in [2.05, 4.69) is 33.1 Å². The van der Waals surface area contributed by atoms with Crippen molar-refractivity contribution < 1.29 is 25.2 Å². The maximum atomic E-state index is 10.2. The Morgan fingerprint density at radius 1 is 1.06 bits per heavy atom. The van der Waals surface area contributed by atoms with Gasteiger partial charge in [-0.2, -0.15) is 5.10 Å². The number of hydrogen-bond donors (Lipinski definition) is 5. The summed E-state index contributed by atoms with van der Waals surface area (Å²) in [6.45, 7) is -0.495. The molecule has 0 bridgehead atoms. The average molecular weight is 419 g/mol. The molecule has 0 aliphatic carbocycles. The predicted octanol–water partition coefficient (Wildman–Crippen LogP) is 0.682. The van der Waals surface area contributed by atoms with Crippen molar-refractivity contribution in [3.8, 4) is 23.0 Å². The second-order valence-corrected chi connectivity index (χ2v) is 7.74. The SMILES string of the molecule is OC[C@H]1O[C@H](C#Cc2cc(-c3ccc4c(c3)CC=N4)cc3cn[nH]c23)[C@@H](O)[C@@H](O)[C@@H]1O. The number of benzene rings is 2. The van der Waals surface area contributed by atoms with Gasteiger partial charge in [0.05, 0.1) is 29.6 Å². The minimum atomic E-state index is -1.46. The number of nitrogens with zero attached hydrogens (tertiary/aromatic N) is 2. The van der Waals surface area contributed by atoms with Crippen molar-refractivity contribution in [2.24, 2.45) is 4.99 Å². The fourth-order valence-electron chi connectivity index (χ4n) is 3.99. The highest BCUT2D eigenvalue weighted by Crippen LogP contribution is 2.32. The Kier molecular flexibility index (Phi) is 5.06. The first-order chi connectivity index (χ1) is 15.0. The topological polar surface area (TPSA) is 131 Å². The fourth-order valence-corrected chi connectivity index (χ4v) is 3.99. The molecular weight excluding hydrogens is 398 g/mol. The van der Waals surface area contributed by atoms with Gasteiger partial charge in [0.25, 0.3) is 0 Å². The second kappa shape index (κ2) is 7.89. The van der Waals surface area contributed by atoms with Crippen LogP contribution in [-0.4, -0.2) is 74.0 Å². The lowest BCUT2D eigenvalue weighted by atomic mass is 9.95. The molecule has 5 rings (SSSR count). The Morgan fingerprint density at radius 3 is 2.77 bits per heavy atom. The Bertz CT molecular complexity index is 1220. The maximum absolute atomic E-state index is 10.2. The number of hydrogen-bond acceptors (Lipinski definition) is 7. The van der Waals surface area contributed by atoms with E-state index < -0.39 is 37.1 Å². The van der Waals surface area contributed by atoms with Gasteiger partial charge in [-0.05, 0) is 41.0 Å². The summed E-state index contributed by atoms with van der Waals surface area (Å²) >= 11 is 0. The summed E-state index contributed by atoms with van der Waals surface area (Å²) in [5.41, 5.74) is 5.53. The molecule has 3 heterocycles. The normalized spacial score (nSPS) is 27.2. The molecule has 3 aromatic rings. The molecule has 1 fully saturated rings. The Balaban J connectivity index is 1.52. The summed E-state index contributed by atoms with van der Waals surface area (Å²) < 4.78 is 5.49. The highest BCUT2D eigenvalue weighted by molar-refractivity contribution is 5.90. The lowest BCUT2D eigenvalue weighted by Gasteiger charge is -2.37. The maximum Gasteiger partial charge on any atom is 0.147 e. The molecule has 8 nitrogen and oxygen atoms in total. The van der Waals surface area contributed by atoms with Crippen LogP contribution in [0.25, 0.3) is 22.0 Å². The van der Waals surface area contributed by atoms with Gasteiger partial charge < -0.3 is 25.2 Å². The number of ether oxygens (including phenoxy) is 1. The average Bonchev–Trinajstić information content (AvgIpc) is 3.45. The number of nitrogens with one attached hydrogen (secondary N) is 1. The molecule has 2 aliphatic heterocycles. The smallest absolute Gasteiger partial charge is 0.147 e. The van der Waals surface area contributed by atoms with Crippen LogP contribution in [0.3, 0.4) is 0 Å². The molecule has 0 radical (unpaired) electrons. The van der Waals surface area contributed by atoms with Gasteiger partial charge in [-0.3, -0.25) is 10.1 Å². The van der Waals surface area contributed by atoms with Crippen LogP contribution in [0, 0.1) is 11.8 Å². The van der Waals surface area contributed by atoms with Gasteiger partial charge in [-0.1, -0.05) is 17.9 Å². The molecule has 158 valence electrons. The van der Waals surface area contributed by atoms with Gasteiger partial charge in [0.2, 0.25) is 0 Å². The molecular formula is C23H21N3O5. The van der Waals surface area contributed by atoms with E-state index in [9.17, 15) is 20.4 Å². The number of aromatic nitrogens is 2. The van der Waals surface area contributed by atoms with Crippen LogP contribution < -0.4 is 0 Å². The zero-order valence-corrected chi connectivity index (χ0v) is 16.4. The summed E-state index contributed by atoms with van der Waals surface area (Å²) in [6, 6.07) is 10.1. The molecule has 5 atom stereocenters. The van der Waals surface area contributed by atoms with E-state index in [0.717, 1.165) is 34.1 Å². The predicted molar refractivity (Wildman–Crippen MR) is 114 cm³/mol. The lowest BCUT2D eigenvalue weighted by Crippen LogP contribution is -2.58. The van der Waals surface area contributed by atoms with Crippen molar-refractivity contribution in [2.45, 2.75) is 36.9 Å². The van der Waals surface area contributed by atoms with Crippen molar-refractivity contribution in [2.75, 3.05) is 6.61 Å². The van der Waals surface area contributed by atoms with Gasteiger partial charge in [-0.25, -0.2) is 0 Å². The highest BCUT2D eigenvalue weighted by atomic mass is 16.5. The Morgan fingerprint density at radius 2 is 1.94 bits per heavy atom. The molecule has 1 aromatic heterocycles. The van der Waals surface area contributed by atoms with Gasteiger partial charge in [0, 0.05) is 18.0 Å². The largest absolute Gasteiger partial charge is 0.394 e. The zero-order chi connectivity index (χ0) is 21.5. The van der Waals surface area contributed by atoms with Gasteiger partial charge in [-0.15, -0.1) is 0 Å². The monoisotopic (exact) mass is 419 g/mol. The number of fused-ring (bicyclic) bond motifs is 2. The molecule has 5 N–H and O–H groups in total. The van der Waals surface area contributed by atoms with Crippen LogP contribution >= 0.6 is 0 Å². The van der Waals surface area contributed by atoms with Crippen LogP contribution in [0.5, 0.6) is 0 Å². The minimum Gasteiger partial charge on any atom is -0.394 e. The second-order valence-electron chi connectivity index (χ2n) is 7.74. The van der Waals surface area contributed by atoms with E-state index in [4.69, 9.17) is 4.74 Å². The van der Waals surface area contributed by atoms with Crippen LogP contribution in [0.4, 0.5) is 5.69 Å². The van der Waals surface area contributed by atoms with Crippen molar-refractivity contribution in [3.63, 3.8) is 0 Å². The van der Waals surface area contributed by atoms with Crippen LogP contribution in [0.1, 0.15) is 11.1 Å². The third-order valence-corrected chi connectivity index (χ3v) is 5.74. The molecule has 0 unspecified atom stereocenters. The summed E-state index contributed by atoms with van der Waals surface area (Å²) in [5, 5.41) is 47.5. The summed E-state index contributed by atoms with van der Waals surface area (Å²) in [7, 11) is 0. The van der Waals surface area contributed by atoms with E-state index in [1.54, 1.807) is 6.20 Å². The Hall–Kier alpha value is -3.06. The lowest BCUT2D eigenvalue weighted by molar-refractivity contribution is -0.214. The highest BCUT2D eigenvalue weighted by Gasteiger charge is 2.42. The van der Waals surface area contributed by atoms with Crippen molar-refractivity contribution in [1.82, 2.24) is 10.2 Å². The van der Waals surface area contributed by atoms with Crippen LogP contribution in [-0.2, 0) is 11.2 Å². The molecule has 8 heteroatoms. The van der Waals surface area contributed by atoms with Crippen molar-refractivity contribution in [3.05, 3.63) is 47.7 Å². The van der Waals surface area contributed by atoms with Crippen LogP contribution in [0.15, 0.2) is 41.5 Å². The molecule has 2 aliphatic rings. The molecule has 0 spiro atoms. The minimum absolute atomic E-state index is 0.495. The molecule has 1 saturated heterocycles. The van der Waals surface area contributed by atoms with Crippen molar-refractivity contribution in [1.29, 1.82) is 0 Å². The zero-order valence-electron chi connectivity index (χ0n) is 16.4. The van der Waals surface area contributed by atoms with Gasteiger partial charge >= 0.3 is 0 Å². The van der Waals surface area contributed by atoms with E-state index in [-0.39, 0.29) is 0 Å². The number of aromatic amines is 1. The Labute approximate surface area is 177 Å². The summed E-state index contributed by atoms with van der Waals surface area (Å²) in [4.78, 5) is 4.35. The van der Waals surface area contributed by atoms with E-state index in [1.165, 1.54) is 5.56 Å². The molecule has 2 aromatic carbocycles. The quantitative estimate of drug-likeness (QED) is 0.388. The number of rotatable bonds is 2. The van der Waals surface area contributed by atoms with Crippen LogP contribution in [0.2, 0.25) is 0 Å². The van der Waals surface area contributed by atoms with Crippen molar-refractivity contribution >= 4 is 22.8 Å². The molecule has 31 heavy (non-hydrogen) atoms. The third kappa shape index (κ3) is 3.53. The molecule has 0 saturated carbocycles. The first-order valence-electron chi connectivity index (χ1n) is 10.00. The standard InChI is InChI=1S/C23H21N3O5/c27-11-19-22(29)23(30)21(28)18(31-19)4-2-14-8-15(9-16-10-25-26-20(14)16)12-1-3-17-13(7-12)5-6-24-17/h1,3,6-10,18-19,21-23,27-30H,5,11H2,(H,25,26)/t18-,19-,21-,22-,23-/m1/s1. The first kappa shape index (κ1) is 19.9. The van der Waals surface area contributed by atoms with E-state index in [1.807, 2.05) is 30.5 Å². The summed E-state index contributed by atoms with van der Waals surface area (Å²) in [5.74, 6) is 5.84. The number of H-pyrrole nitrogens is 1. The summed E-state index contributed by atoms with van der Waals surface area (Å²) in [6.07, 6.45) is -1.91. The fraction of sp³-hybridized carbons (Fsp3) is 0.304. The molecule has 0 amide bonds. The van der Waals surface area contributed by atoms with E-state index in [0.29, 0.717) is 5.56 Å². The number of aliphatic hydroxyl groups excluding tert-OH is 4. The number of aliphatic imine (C=N–C) groups is 1. The van der Waals surface area contributed by atoms with E-state index >= 15 is 0 Å². The van der Waals surface area contributed by atoms with Gasteiger partial charge in [0.15, 0.2) is 0 Å².